The van der Waals surface area contributed by atoms with Crippen molar-refractivity contribution in [1.82, 2.24) is 14.9 Å². The van der Waals surface area contributed by atoms with Gasteiger partial charge in [0.1, 0.15) is 6.33 Å². The molecule has 3 heterocycles. The highest BCUT2D eigenvalue weighted by atomic mass is 16.2. The van der Waals surface area contributed by atoms with Crippen molar-refractivity contribution in [2.75, 3.05) is 0 Å². The van der Waals surface area contributed by atoms with Crippen molar-refractivity contribution >= 4 is 5.91 Å². The molecule has 1 aliphatic carbocycles. The van der Waals surface area contributed by atoms with Gasteiger partial charge in [0.25, 0.3) is 0 Å². The Morgan fingerprint density at radius 3 is 2.85 bits per heavy atom. The number of carbonyl (C=O) groups excluding carboxylic acids is 1. The summed E-state index contributed by atoms with van der Waals surface area (Å²) >= 11 is 0. The molecular formula is C16H21N3O. The van der Waals surface area contributed by atoms with Gasteiger partial charge in [0.15, 0.2) is 0 Å². The van der Waals surface area contributed by atoms with E-state index in [0.717, 1.165) is 32.1 Å². The molecule has 0 aromatic carbocycles. The second-order valence-electron chi connectivity index (χ2n) is 6.46. The first-order chi connectivity index (χ1) is 9.84. The number of fused-ring (bicyclic) bond motifs is 4. The average molecular weight is 271 g/mol. The van der Waals surface area contributed by atoms with Gasteiger partial charge >= 0.3 is 0 Å². The van der Waals surface area contributed by atoms with Gasteiger partial charge < -0.3 is 4.90 Å². The highest BCUT2D eigenvalue weighted by Gasteiger charge is 2.44. The topological polar surface area (TPSA) is 46.1 Å². The van der Waals surface area contributed by atoms with Gasteiger partial charge in [-0.25, -0.2) is 9.97 Å². The van der Waals surface area contributed by atoms with E-state index >= 15 is 0 Å². The second kappa shape index (κ2) is 4.83. The maximum atomic E-state index is 12.9. The molecule has 106 valence electrons. The van der Waals surface area contributed by atoms with E-state index in [0.29, 0.717) is 11.9 Å². The van der Waals surface area contributed by atoms with Crippen molar-refractivity contribution in [1.29, 1.82) is 0 Å². The van der Waals surface area contributed by atoms with E-state index in [1.807, 2.05) is 6.20 Å². The smallest absolute Gasteiger partial charge is 0.226 e. The maximum absolute atomic E-state index is 12.9. The van der Waals surface area contributed by atoms with Crippen LogP contribution in [0.25, 0.3) is 0 Å². The van der Waals surface area contributed by atoms with Crippen LogP contribution in [0.2, 0.25) is 0 Å². The standard InChI is InChI=1S/C16H21N3O/c20-16(11-4-2-1-3-5-11)19-12-6-7-15(19)13-9-17-10-18-14(13)8-12/h9-12,15H,1-8H2. The van der Waals surface area contributed by atoms with E-state index in [4.69, 9.17) is 0 Å². The van der Waals surface area contributed by atoms with Crippen molar-refractivity contribution in [3.63, 3.8) is 0 Å². The number of hydrogen-bond acceptors (Lipinski definition) is 3. The molecule has 1 saturated heterocycles. The van der Waals surface area contributed by atoms with Gasteiger partial charge in [-0.3, -0.25) is 4.79 Å². The van der Waals surface area contributed by atoms with Crippen LogP contribution in [-0.4, -0.2) is 26.8 Å². The first-order valence-corrected chi connectivity index (χ1v) is 7.95. The molecule has 2 unspecified atom stereocenters. The van der Waals surface area contributed by atoms with Crippen molar-refractivity contribution in [3.8, 4) is 0 Å². The molecule has 1 aromatic heterocycles. The quantitative estimate of drug-likeness (QED) is 0.789. The minimum Gasteiger partial charge on any atom is -0.332 e. The van der Waals surface area contributed by atoms with Crippen molar-refractivity contribution in [2.45, 2.75) is 63.5 Å². The third-order valence-corrected chi connectivity index (χ3v) is 5.33. The average Bonchev–Trinajstić information content (AvgIpc) is 2.82. The third kappa shape index (κ3) is 1.85. The van der Waals surface area contributed by atoms with Gasteiger partial charge in [0, 0.05) is 30.1 Å². The molecule has 20 heavy (non-hydrogen) atoms. The van der Waals surface area contributed by atoms with Crippen LogP contribution in [-0.2, 0) is 11.2 Å². The van der Waals surface area contributed by atoms with Crippen LogP contribution in [0.1, 0.15) is 62.2 Å². The van der Waals surface area contributed by atoms with E-state index < -0.39 is 0 Å². The summed E-state index contributed by atoms with van der Waals surface area (Å²) in [5.74, 6) is 0.685. The predicted octanol–water partition coefficient (Wildman–Crippen LogP) is 2.65. The van der Waals surface area contributed by atoms with Crippen molar-refractivity contribution in [3.05, 3.63) is 23.8 Å². The lowest BCUT2D eigenvalue weighted by molar-refractivity contribution is -0.140. The predicted molar refractivity (Wildman–Crippen MR) is 74.9 cm³/mol. The fourth-order valence-corrected chi connectivity index (χ4v) is 4.32. The fourth-order valence-electron chi connectivity index (χ4n) is 4.32. The molecule has 1 saturated carbocycles. The first kappa shape index (κ1) is 12.3. The molecule has 4 heteroatoms. The second-order valence-corrected chi connectivity index (χ2v) is 6.46. The molecule has 0 radical (unpaired) electrons. The Kier molecular flexibility index (Phi) is 2.97. The molecule has 1 aromatic rings. The summed E-state index contributed by atoms with van der Waals surface area (Å²) in [6.07, 6.45) is 12.6. The molecule has 2 aliphatic heterocycles. The summed E-state index contributed by atoms with van der Waals surface area (Å²) in [4.78, 5) is 23.7. The van der Waals surface area contributed by atoms with Crippen LogP contribution in [0, 0.1) is 5.92 Å². The summed E-state index contributed by atoms with van der Waals surface area (Å²) in [7, 11) is 0. The summed E-state index contributed by atoms with van der Waals surface area (Å²) in [5.41, 5.74) is 2.37. The summed E-state index contributed by atoms with van der Waals surface area (Å²) < 4.78 is 0. The Morgan fingerprint density at radius 1 is 1.15 bits per heavy atom. The van der Waals surface area contributed by atoms with E-state index in [1.54, 1.807) is 6.33 Å². The lowest BCUT2D eigenvalue weighted by Gasteiger charge is -2.38. The molecule has 4 rings (SSSR count). The summed E-state index contributed by atoms with van der Waals surface area (Å²) in [5, 5.41) is 0. The lowest BCUT2D eigenvalue weighted by Crippen LogP contribution is -2.45. The molecule has 3 aliphatic rings. The van der Waals surface area contributed by atoms with Gasteiger partial charge in [-0.1, -0.05) is 19.3 Å². The summed E-state index contributed by atoms with van der Waals surface area (Å²) in [6, 6.07) is 0.635. The zero-order chi connectivity index (χ0) is 13.5. The van der Waals surface area contributed by atoms with Gasteiger partial charge in [-0.15, -0.1) is 0 Å². The number of aromatic nitrogens is 2. The van der Waals surface area contributed by atoms with Crippen LogP contribution >= 0.6 is 0 Å². The number of carbonyl (C=O) groups is 1. The Morgan fingerprint density at radius 2 is 2.00 bits per heavy atom. The molecular weight excluding hydrogens is 250 g/mol. The number of amides is 1. The number of hydrogen-bond donors (Lipinski definition) is 0. The Hall–Kier alpha value is -1.45. The molecule has 2 bridgehead atoms. The monoisotopic (exact) mass is 271 g/mol. The normalized spacial score (nSPS) is 29.3. The third-order valence-electron chi connectivity index (χ3n) is 5.33. The van der Waals surface area contributed by atoms with Crippen molar-refractivity contribution < 1.29 is 4.79 Å². The van der Waals surface area contributed by atoms with E-state index in [2.05, 4.69) is 14.9 Å². The van der Waals surface area contributed by atoms with Crippen LogP contribution in [0.3, 0.4) is 0 Å². The Bertz CT molecular complexity index is 524. The zero-order valence-electron chi connectivity index (χ0n) is 11.8. The largest absolute Gasteiger partial charge is 0.332 e. The summed E-state index contributed by atoms with van der Waals surface area (Å²) in [6.45, 7) is 0. The van der Waals surface area contributed by atoms with E-state index in [9.17, 15) is 4.79 Å². The molecule has 0 spiro atoms. The number of nitrogens with zero attached hydrogens (tertiary/aromatic N) is 3. The minimum absolute atomic E-state index is 0.249. The van der Waals surface area contributed by atoms with E-state index in [1.165, 1.54) is 30.5 Å². The highest BCUT2D eigenvalue weighted by molar-refractivity contribution is 5.80. The molecule has 2 atom stereocenters. The van der Waals surface area contributed by atoms with Gasteiger partial charge in [0.05, 0.1) is 11.7 Å². The number of rotatable bonds is 1. The van der Waals surface area contributed by atoms with Gasteiger partial charge in [-0.2, -0.15) is 0 Å². The minimum atomic E-state index is 0.249. The Labute approximate surface area is 119 Å². The van der Waals surface area contributed by atoms with E-state index in [-0.39, 0.29) is 12.0 Å². The molecule has 1 amide bonds. The van der Waals surface area contributed by atoms with Gasteiger partial charge in [-0.05, 0) is 25.7 Å². The van der Waals surface area contributed by atoms with Crippen LogP contribution < -0.4 is 0 Å². The SMILES string of the molecule is O=C(C1CCCCC1)N1C2CCC1c1cncnc1C2. The fraction of sp³-hybridized carbons (Fsp3) is 0.688. The Balaban J connectivity index is 1.62. The lowest BCUT2D eigenvalue weighted by atomic mass is 9.87. The first-order valence-electron chi connectivity index (χ1n) is 7.95. The molecule has 0 N–H and O–H groups in total. The van der Waals surface area contributed by atoms with Gasteiger partial charge in [0.2, 0.25) is 5.91 Å². The highest BCUT2D eigenvalue weighted by Crippen LogP contribution is 2.44. The van der Waals surface area contributed by atoms with Crippen LogP contribution in [0.4, 0.5) is 0 Å². The van der Waals surface area contributed by atoms with Crippen molar-refractivity contribution in [2.24, 2.45) is 5.92 Å². The molecule has 2 fully saturated rings. The molecule has 4 nitrogen and oxygen atoms in total. The maximum Gasteiger partial charge on any atom is 0.226 e. The van der Waals surface area contributed by atoms with Crippen LogP contribution in [0.5, 0.6) is 0 Å². The van der Waals surface area contributed by atoms with Crippen LogP contribution in [0.15, 0.2) is 12.5 Å². The zero-order valence-corrected chi connectivity index (χ0v) is 11.8.